The molecule has 0 atom stereocenters. The Hall–Kier alpha value is -5.03. The van der Waals surface area contributed by atoms with Gasteiger partial charge in [0.05, 0.1) is 12.8 Å². The zero-order valence-corrected chi connectivity index (χ0v) is 23.8. The van der Waals surface area contributed by atoms with Gasteiger partial charge in [-0.3, -0.25) is 9.20 Å². The number of aryl methyl sites for hydroxylation is 3. The van der Waals surface area contributed by atoms with E-state index in [1.165, 1.54) is 11.1 Å². The van der Waals surface area contributed by atoms with Crippen molar-refractivity contribution in [1.82, 2.24) is 8.97 Å². The second-order valence-electron chi connectivity index (χ2n) is 10.9. The van der Waals surface area contributed by atoms with Crippen molar-refractivity contribution in [1.29, 1.82) is 0 Å². The lowest BCUT2D eigenvalue weighted by molar-refractivity contribution is 0.103. The smallest absolute Gasteiger partial charge is 0.210 e. The summed E-state index contributed by atoms with van der Waals surface area (Å²) in [5, 5.41) is 0. The van der Waals surface area contributed by atoms with E-state index in [1.807, 2.05) is 66.7 Å². The summed E-state index contributed by atoms with van der Waals surface area (Å²) in [6.45, 7) is 2.99. The molecule has 4 aromatic carbocycles. The largest absolute Gasteiger partial charge is 0.497 e. The fourth-order valence-electron chi connectivity index (χ4n) is 6.09. The van der Waals surface area contributed by atoms with E-state index in [4.69, 9.17) is 9.47 Å². The second-order valence-corrected chi connectivity index (χ2v) is 10.9. The number of para-hydroxylation sites is 1. The van der Waals surface area contributed by atoms with Crippen molar-refractivity contribution >= 4 is 11.4 Å². The molecule has 3 heterocycles. The van der Waals surface area contributed by atoms with E-state index in [2.05, 4.69) is 58.5 Å². The molecule has 0 radical (unpaired) electrons. The summed E-state index contributed by atoms with van der Waals surface area (Å²) < 4.78 is 16.0. The number of carbonyl (C=O) groups is 1. The molecular formula is C37H32N2O3. The Morgan fingerprint density at radius 1 is 0.762 bits per heavy atom. The maximum absolute atomic E-state index is 14.6. The highest BCUT2D eigenvalue weighted by molar-refractivity contribution is 6.14. The molecule has 0 amide bonds. The SMILES string of the molecule is COc1ccc(-c2cn3c(C(=O)c4cccc(Oc5ccccc5)c4)c(-c4ccc(C)cc4)c4c3n2CCCC4)cc1. The number of carbonyl (C=O) groups excluding carboxylic acids is 1. The minimum absolute atomic E-state index is 0.0238. The Kier molecular flexibility index (Phi) is 6.63. The predicted octanol–water partition coefficient (Wildman–Crippen LogP) is 8.75. The molecule has 1 aliphatic rings. The van der Waals surface area contributed by atoms with Crippen molar-refractivity contribution in [2.75, 3.05) is 7.11 Å². The molecule has 0 unspecified atom stereocenters. The highest BCUT2D eigenvalue weighted by Gasteiger charge is 2.30. The van der Waals surface area contributed by atoms with Crippen LogP contribution in [-0.4, -0.2) is 21.9 Å². The Labute approximate surface area is 245 Å². The molecule has 0 N–H and O–H groups in total. The van der Waals surface area contributed by atoms with E-state index in [1.54, 1.807) is 7.11 Å². The maximum Gasteiger partial charge on any atom is 0.210 e. The third-order valence-electron chi connectivity index (χ3n) is 8.15. The van der Waals surface area contributed by atoms with Crippen LogP contribution in [0, 0.1) is 6.92 Å². The van der Waals surface area contributed by atoms with Gasteiger partial charge in [0, 0.05) is 29.4 Å². The number of benzene rings is 4. The fraction of sp³-hybridized carbons (Fsp3) is 0.162. The Morgan fingerprint density at radius 3 is 2.26 bits per heavy atom. The van der Waals surface area contributed by atoms with Crippen LogP contribution in [0.4, 0.5) is 0 Å². The number of hydrogen-bond donors (Lipinski definition) is 0. The first-order valence-electron chi connectivity index (χ1n) is 14.5. The molecule has 1 aliphatic heterocycles. The summed E-state index contributed by atoms with van der Waals surface area (Å²) in [7, 11) is 1.68. The van der Waals surface area contributed by atoms with Gasteiger partial charge in [-0.1, -0.05) is 60.2 Å². The molecule has 2 aromatic heterocycles. The van der Waals surface area contributed by atoms with Gasteiger partial charge in [-0.15, -0.1) is 0 Å². The summed E-state index contributed by atoms with van der Waals surface area (Å²) in [6.07, 6.45) is 5.21. The van der Waals surface area contributed by atoms with Gasteiger partial charge in [-0.2, -0.15) is 0 Å². The Morgan fingerprint density at radius 2 is 1.50 bits per heavy atom. The van der Waals surface area contributed by atoms with Gasteiger partial charge in [-0.05, 0) is 85.8 Å². The normalized spacial score (nSPS) is 12.7. The zero-order chi connectivity index (χ0) is 28.6. The highest BCUT2D eigenvalue weighted by atomic mass is 16.5. The number of hydrogen-bond acceptors (Lipinski definition) is 3. The second kappa shape index (κ2) is 10.7. The lowest BCUT2D eigenvalue weighted by atomic mass is 9.94. The molecule has 0 aliphatic carbocycles. The Bertz CT molecular complexity index is 1900. The van der Waals surface area contributed by atoms with Crippen molar-refractivity contribution < 1.29 is 14.3 Å². The van der Waals surface area contributed by atoms with Crippen molar-refractivity contribution in [3.63, 3.8) is 0 Å². The number of rotatable bonds is 7. The van der Waals surface area contributed by atoms with Crippen molar-refractivity contribution in [3.8, 4) is 39.6 Å². The molecular weight excluding hydrogens is 520 g/mol. The van der Waals surface area contributed by atoms with Crippen molar-refractivity contribution in [2.24, 2.45) is 0 Å². The first-order valence-corrected chi connectivity index (χ1v) is 14.5. The number of ketones is 1. The van der Waals surface area contributed by atoms with Gasteiger partial charge in [0.15, 0.2) is 0 Å². The number of imidazole rings is 1. The number of methoxy groups -OCH3 is 1. The topological polar surface area (TPSA) is 44.9 Å². The summed E-state index contributed by atoms with van der Waals surface area (Å²) in [6, 6.07) is 33.9. The van der Waals surface area contributed by atoms with Crippen molar-refractivity contribution in [2.45, 2.75) is 32.7 Å². The molecule has 7 rings (SSSR count). The van der Waals surface area contributed by atoms with Gasteiger partial charge >= 0.3 is 0 Å². The number of ether oxygens (including phenoxy) is 2. The van der Waals surface area contributed by atoms with Crippen LogP contribution in [0.2, 0.25) is 0 Å². The molecule has 5 nitrogen and oxygen atoms in total. The summed E-state index contributed by atoms with van der Waals surface area (Å²) in [5.74, 6) is 2.17. The van der Waals surface area contributed by atoms with Gasteiger partial charge in [0.1, 0.15) is 28.6 Å². The molecule has 6 aromatic rings. The van der Waals surface area contributed by atoms with E-state index in [0.717, 1.165) is 65.3 Å². The van der Waals surface area contributed by atoms with Gasteiger partial charge < -0.3 is 14.0 Å². The molecule has 5 heteroatoms. The summed E-state index contributed by atoms with van der Waals surface area (Å²) >= 11 is 0. The van der Waals surface area contributed by atoms with E-state index >= 15 is 0 Å². The highest BCUT2D eigenvalue weighted by Crippen LogP contribution is 2.40. The molecule has 0 saturated heterocycles. The first-order chi connectivity index (χ1) is 20.6. The number of nitrogens with zero attached hydrogens (tertiary/aromatic N) is 2. The van der Waals surface area contributed by atoms with Crippen LogP contribution >= 0.6 is 0 Å². The summed E-state index contributed by atoms with van der Waals surface area (Å²) in [5.41, 5.74) is 9.11. The monoisotopic (exact) mass is 552 g/mol. The van der Waals surface area contributed by atoms with Crippen LogP contribution in [0.15, 0.2) is 109 Å². The summed E-state index contributed by atoms with van der Waals surface area (Å²) in [4.78, 5) is 14.6. The quantitative estimate of drug-likeness (QED) is 0.186. The molecule has 42 heavy (non-hydrogen) atoms. The average molecular weight is 553 g/mol. The fourth-order valence-corrected chi connectivity index (χ4v) is 6.09. The van der Waals surface area contributed by atoms with E-state index in [0.29, 0.717) is 17.0 Å². The van der Waals surface area contributed by atoms with E-state index < -0.39 is 0 Å². The van der Waals surface area contributed by atoms with Crippen LogP contribution in [0.25, 0.3) is 28.0 Å². The Balaban J connectivity index is 1.43. The van der Waals surface area contributed by atoms with Gasteiger partial charge in [-0.25, -0.2) is 0 Å². The molecule has 208 valence electrons. The van der Waals surface area contributed by atoms with Crippen molar-refractivity contribution in [3.05, 3.63) is 132 Å². The zero-order valence-electron chi connectivity index (χ0n) is 23.8. The average Bonchev–Trinajstić information content (AvgIpc) is 3.45. The first kappa shape index (κ1) is 25.9. The van der Waals surface area contributed by atoms with Gasteiger partial charge in [0.2, 0.25) is 5.78 Å². The van der Waals surface area contributed by atoms with Gasteiger partial charge in [0.25, 0.3) is 0 Å². The molecule has 0 fully saturated rings. The maximum atomic E-state index is 14.6. The third-order valence-corrected chi connectivity index (χ3v) is 8.15. The molecule has 0 spiro atoms. The van der Waals surface area contributed by atoms with E-state index in [-0.39, 0.29) is 5.78 Å². The van der Waals surface area contributed by atoms with E-state index in [9.17, 15) is 4.79 Å². The minimum Gasteiger partial charge on any atom is -0.497 e. The lowest BCUT2D eigenvalue weighted by Gasteiger charge is -2.11. The predicted molar refractivity (Wildman–Crippen MR) is 167 cm³/mol. The minimum atomic E-state index is -0.0238. The number of aromatic nitrogens is 2. The van der Waals surface area contributed by atoms with Crippen LogP contribution in [-0.2, 0) is 13.0 Å². The third kappa shape index (κ3) is 4.57. The standard InChI is InChI=1S/C37H32N2O3/c1-25-14-16-27(17-15-25)34-32-13-6-7-22-38-33(26-18-20-29(41-2)21-19-26)24-39(37(32)38)35(34)36(40)28-9-8-12-31(23-28)42-30-10-4-3-5-11-30/h3-5,8-12,14-21,23-24H,6-7,13,22H2,1-2H3. The van der Waals surface area contributed by atoms with Crippen LogP contribution < -0.4 is 9.47 Å². The van der Waals surface area contributed by atoms with Crippen LogP contribution in [0.3, 0.4) is 0 Å². The van der Waals surface area contributed by atoms with Crippen LogP contribution in [0.5, 0.6) is 17.2 Å². The van der Waals surface area contributed by atoms with Crippen LogP contribution in [0.1, 0.15) is 40.0 Å². The molecule has 0 saturated carbocycles. The molecule has 0 bridgehead atoms. The lowest BCUT2D eigenvalue weighted by Crippen LogP contribution is -2.07.